The number of halogens is 1. The second-order valence-electron chi connectivity index (χ2n) is 8.72. The van der Waals surface area contributed by atoms with E-state index < -0.39 is 41.8 Å². The fourth-order valence-electron chi connectivity index (χ4n) is 3.29. The van der Waals surface area contributed by atoms with Gasteiger partial charge in [0, 0.05) is 11.1 Å². The van der Waals surface area contributed by atoms with Crippen LogP contribution in [0.3, 0.4) is 0 Å². The molecule has 0 fully saturated rings. The molecule has 0 heterocycles. The lowest BCUT2D eigenvalue weighted by Gasteiger charge is -2.32. The first-order chi connectivity index (χ1) is 16.0. The van der Waals surface area contributed by atoms with E-state index in [-0.39, 0.29) is 6.61 Å². The molecule has 2 rings (SSSR count). The Morgan fingerprint density at radius 1 is 0.941 bits per heavy atom. The molecule has 0 aliphatic heterocycles. The molecule has 2 N–H and O–H groups in total. The van der Waals surface area contributed by atoms with Crippen molar-refractivity contribution in [2.45, 2.75) is 52.0 Å². The molecule has 9 heteroatoms. The Morgan fingerprint density at radius 3 is 2.12 bits per heavy atom. The number of ether oxygens (including phenoxy) is 3. The maximum atomic E-state index is 12.8. The van der Waals surface area contributed by atoms with Gasteiger partial charge in [-0.05, 0) is 51.0 Å². The number of nitrogens with one attached hydrogen (secondary N) is 2. The molecule has 2 aromatic carbocycles. The number of hydrogen-bond donors (Lipinski definition) is 2. The van der Waals surface area contributed by atoms with Gasteiger partial charge in [-0.1, -0.05) is 54.1 Å². The van der Waals surface area contributed by atoms with E-state index >= 15 is 0 Å². The molecule has 0 spiro atoms. The second kappa shape index (κ2) is 12.3. The van der Waals surface area contributed by atoms with E-state index in [4.69, 9.17) is 25.8 Å². The number of carbonyl (C=O) groups excluding carboxylic acids is 3. The second-order valence-corrected chi connectivity index (χ2v) is 9.16. The molecule has 0 unspecified atom stereocenters. The van der Waals surface area contributed by atoms with Gasteiger partial charge in [0.25, 0.3) is 0 Å². The van der Waals surface area contributed by atoms with Gasteiger partial charge in [-0.15, -0.1) is 0 Å². The molecule has 0 radical (unpaired) electrons. The third kappa shape index (κ3) is 8.59. The van der Waals surface area contributed by atoms with Crippen LogP contribution >= 0.6 is 11.6 Å². The van der Waals surface area contributed by atoms with Crippen LogP contribution in [-0.2, 0) is 25.6 Å². The van der Waals surface area contributed by atoms with E-state index in [1.54, 1.807) is 52.0 Å². The highest BCUT2D eigenvalue weighted by atomic mass is 35.5. The number of benzene rings is 2. The van der Waals surface area contributed by atoms with Gasteiger partial charge in [-0.2, -0.15) is 0 Å². The van der Waals surface area contributed by atoms with Crippen LogP contribution in [0.2, 0.25) is 5.02 Å². The molecule has 34 heavy (non-hydrogen) atoms. The molecule has 3 atom stereocenters. The molecule has 0 aromatic heterocycles. The van der Waals surface area contributed by atoms with Crippen LogP contribution in [0.5, 0.6) is 0 Å². The van der Waals surface area contributed by atoms with Crippen molar-refractivity contribution in [3.05, 3.63) is 70.7 Å². The molecule has 0 aliphatic rings. The number of hydrogen-bond acceptors (Lipinski definition) is 6. The van der Waals surface area contributed by atoms with Gasteiger partial charge in [0.2, 0.25) is 0 Å². The average Bonchev–Trinajstić information content (AvgIpc) is 2.77. The zero-order chi connectivity index (χ0) is 25.3. The van der Waals surface area contributed by atoms with E-state index in [2.05, 4.69) is 10.6 Å². The standard InChI is InChI=1S/C25H31ClN2O6/c1-16(27-23(30)33-15-17-9-7-6-8-10-17)20(22(29)32-5)21(18-11-13-19(26)14-12-18)28-24(31)34-25(2,3)4/h6-14,16,20-21H,15H2,1-5H3,(H,27,30)(H,28,31)/t16-,20+,21+/m0/s1. The molecule has 0 bridgehead atoms. The van der Waals surface area contributed by atoms with Crippen molar-refractivity contribution in [3.8, 4) is 0 Å². The Hall–Kier alpha value is -3.26. The minimum Gasteiger partial charge on any atom is -0.469 e. The number of amides is 2. The normalized spacial score (nSPS) is 13.7. The summed E-state index contributed by atoms with van der Waals surface area (Å²) in [4.78, 5) is 37.9. The zero-order valence-electron chi connectivity index (χ0n) is 20.0. The molecular weight excluding hydrogens is 460 g/mol. The first-order valence-corrected chi connectivity index (χ1v) is 11.2. The average molecular weight is 491 g/mol. The fourth-order valence-corrected chi connectivity index (χ4v) is 3.42. The summed E-state index contributed by atoms with van der Waals surface area (Å²) in [6.07, 6.45) is -1.43. The van der Waals surface area contributed by atoms with E-state index in [9.17, 15) is 14.4 Å². The number of methoxy groups -OCH3 is 1. The molecule has 0 saturated heterocycles. The first-order valence-electron chi connectivity index (χ1n) is 10.8. The monoisotopic (exact) mass is 490 g/mol. The maximum Gasteiger partial charge on any atom is 0.408 e. The summed E-state index contributed by atoms with van der Waals surface area (Å²) in [5.74, 6) is -1.63. The van der Waals surface area contributed by atoms with Crippen LogP contribution in [0.15, 0.2) is 54.6 Å². The smallest absolute Gasteiger partial charge is 0.408 e. The molecule has 0 saturated carbocycles. The lowest BCUT2D eigenvalue weighted by atomic mass is 9.87. The van der Waals surface area contributed by atoms with Gasteiger partial charge in [-0.25, -0.2) is 9.59 Å². The lowest BCUT2D eigenvalue weighted by molar-refractivity contribution is -0.147. The maximum absolute atomic E-state index is 12.8. The third-order valence-electron chi connectivity index (χ3n) is 4.83. The van der Waals surface area contributed by atoms with Crippen molar-refractivity contribution in [2.75, 3.05) is 7.11 Å². The SMILES string of the molecule is COC(=O)[C@H]([C@H](C)NC(=O)OCc1ccccc1)[C@H](NC(=O)OC(C)(C)C)c1ccc(Cl)cc1. The predicted molar refractivity (Wildman–Crippen MR) is 128 cm³/mol. The summed E-state index contributed by atoms with van der Waals surface area (Å²) in [5, 5.41) is 5.90. The van der Waals surface area contributed by atoms with E-state index in [1.165, 1.54) is 7.11 Å². The van der Waals surface area contributed by atoms with Crippen LogP contribution in [0, 0.1) is 5.92 Å². The highest BCUT2D eigenvalue weighted by molar-refractivity contribution is 6.30. The largest absolute Gasteiger partial charge is 0.469 e. The topological polar surface area (TPSA) is 103 Å². The summed E-state index contributed by atoms with van der Waals surface area (Å²) >= 11 is 6.02. The highest BCUT2D eigenvalue weighted by Crippen LogP contribution is 2.28. The van der Waals surface area contributed by atoms with Crippen molar-refractivity contribution in [2.24, 2.45) is 5.92 Å². The molecule has 2 aromatic rings. The minimum absolute atomic E-state index is 0.0685. The van der Waals surface area contributed by atoms with Crippen molar-refractivity contribution < 1.29 is 28.6 Å². The Bertz CT molecular complexity index is 960. The van der Waals surface area contributed by atoms with Crippen LogP contribution in [0.1, 0.15) is 44.9 Å². The van der Waals surface area contributed by atoms with Crippen LogP contribution in [-0.4, -0.2) is 36.9 Å². The van der Waals surface area contributed by atoms with Crippen LogP contribution in [0.4, 0.5) is 9.59 Å². The van der Waals surface area contributed by atoms with E-state index in [0.717, 1.165) is 5.56 Å². The Balaban J connectivity index is 2.25. The predicted octanol–water partition coefficient (Wildman–Crippen LogP) is 5.01. The first kappa shape index (κ1) is 27.0. The van der Waals surface area contributed by atoms with Crippen molar-refractivity contribution in [3.63, 3.8) is 0 Å². The lowest BCUT2D eigenvalue weighted by Crippen LogP contribution is -2.49. The summed E-state index contributed by atoms with van der Waals surface area (Å²) < 4.78 is 15.7. The molecule has 2 amide bonds. The van der Waals surface area contributed by atoms with Gasteiger partial charge in [0.05, 0.1) is 13.2 Å². The Labute approximate surface area is 204 Å². The van der Waals surface area contributed by atoms with Crippen molar-refractivity contribution in [1.29, 1.82) is 0 Å². The summed E-state index contributed by atoms with van der Waals surface area (Å²) in [7, 11) is 1.24. The summed E-state index contributed by atoms with van der Waals surface area (Å²) in [6.45, 7) is 6.89. The summed E-state index contributed by atoms with van der Waals surface area (Å²) in [5.41, 5.74) is 0.651. The number of alkyl carbamates (subject to hydrolysis) is 2. The fraction of sp³-hybridized carbons (Fsp3) is 0.400. The number of rotatable bonds is 8. The van der Waals surface area contributed by atoms with Gasteiger partial charge < -0.3 is 24.8 Å². The molecule has 0 aliphatic carbocycles. The molecule has 184 valence electrons. The van der Waals surface area contributed by atoms with Gasteiger partial charge in [0.1, 0.15) is 18.1 Å². The quantitative estimate of drug-likeness (QED) is 0.398. The van der Waals surface area contributed by atoms with Crippen LogP contribution < -0.4 is 10.6 Å². The Morgan fingerprint density at radius 2 is 1.56 bits per heavy atom. The zero-order valence-corrected chi connectivity index (χ0v) is 20.7. The highest BCUT2D eigenvalue weighted by Gasteiger charge is 2.38. The third-order valence-corrected chi connectivity index (χ3v) is 5.08. The van der Waals surface area contributed by atoms with Gasteiger partial charge >= 0.3 is 18.2 Å². The number of esters is 1. The van der Waals surface area contributed by atoms with Gasteiger partial charge in [0.15, 0.2) is 0 Å². The van der Waals surface area contributed by atoms with Crippen molar-refractivity contribution >= 4 is 29.8 Å². The Kier molecular flexibility index (Phi) is 9.74. The van der Waals surface area contributed by atoms with E-state index in [0.29, 0.717) is 10.6 Å². The molecular formula is C25H31ClN2O6. The molecule has 8 nitrogen and oxygen atoms in total. The summed E-state index contributed by atoms with van der Waals surface area (Å²) in [6, 6.07) is 14.2. The van der Waals surface area contributed by atoms with Gasteiger partial charge in [-0.3, -0.25) is 4.79 Å². The van der Waals surface area contributed by atoms with Crippen molar-refractivity contribution in [1.82, 2.24) is 10.6 Å². The number of carbonyl (C=O) groups is 3. The minimum atomic E-state index is -0.997. The van der Waals surface area contributed by atoms with E-state index in [1.807, 2.05) is 30.3 Å². The van der Waals surface area contributed by atoms with Crippen LogP contribution in [0.25, 0.3) is 0 Å².